The first-order valence-corrected chi connectivity index (χ1v) is 6.55. The number of hydrogen-bond donors (Lipinski definition) is 1. The zero-order chi connectivity index (χ0) is 16.0. The van der Waals surface area contributed by atoms with E-state index in [0.717, 1.165) is 5.56 Å². The number of hydrogen-bond acceptors (Lipinski definition) is 6. The molecule has 0 spiro atoms. The van der Waals surface area contributed by atoms with Crippen LogP contribution in [0.25, 0.3) is 0 Å². The summed E-state index contributed by atoms with van der Waals surface area (Å²) in [5.74, 6) is -0.0790. The van der Waals surface area contributed by atoms with Crippen LogP contribution in [0.3, 0.4) is 0 Å². The number of benzene rings is 1. The van der Waals surface area contributed by atoms with E-state index in [9.17, 15) is 14.9 Å². The number of non-ortho nitro benzene ring substituents is 1. The summed E-state index contributed by atoms with van der Waals surface area (Å²) in [6.07, 6.45) is 0. The first-order chi connectivity index (χ1) is 9.84. The number of nitro groups is 1. The summed E-state index contributed by atoms with van der Waals surface area (Å²) in [5, 5.41) is 13.8. The van der Waals surface area contributed by atoms with Crippen molar-refractivity contribution in [2.75, 3.05) is 20.3 Å². The Kier molecular flexibility index (Phi) is 5.66. The third kappa shape index (κ3) is 4.16. The lowest BCUT2D eigenvalue weighted by Gasteiger charge is -2.27. The van der Waals surface area contributed by atoms with Crippen LogP contribution in [0, 0.1) is 17.0 Å². The van der Waals surface area contributed by atoms with E-state index in [1.807, 2.05) is 6.92 Å². The van der Waals surface area contributed by atoms with Gasteiger partial charge in [0.1, 0.15) is 17.9 Å². The van der Waals surface area contributed by atoms with Gasteiger partial charge >= 0.3 is 5.97 Å². The summed E-state index contributed by atoms with van der Waals surface area (Å²) in [6, 6.07) is 4.36. The van der Waals surface area contributed by atoms with Crippen molar-refractivity contribution in [3.63, 3.8) is 0 Å². The minimum atomic E-state index is -1.01. The van der Waals surface area contributed by atoms with Gasteiger partial charge in [-0.05, 0) is 32.0 Å². The van der Waals surface area contributed by atoms with Gasteiger partial charge in [-0.2, -0.15) is 0 Å². The summed E-state index contributed by atoms with van der Waals surface area (Å²) in [6.45, 7) is 5.87. The average molecular weight is 296 g/mol. The van der Waals surface area contributed by atoms with Crippen LogP contribution in [-0.4, -0.2) is 36.7 Å². The lowest BCUT2D eigenvalue weighted by Crippen LogP contribution is -2.54. The predicted octanol–water partition coefficient (Wildman–Crippen LogP) is 1.82. The predicted molar refractivity (Wildman–Crippen MR) is 77.4 cm³/mol. The van der Waals surface area contributed by atoms with E-state index < -0.39 is 16.4 Å². The fraction of sp³-hybridized carbons (Fsp3) is 0.500. The minimum Gasteiger partial charge on any atom is -0.491 e. The van der Waals surface area contributed by atoms with Crippen LogP contribution < -0.4 is 10.1 Å². The highest BCUT2D eigenvalue weighted by Gasteiger charge is 2.34. The molecule has 1 atom stereocenters. The van der Waals surface area contributed by atoms with E-state index in [1.165, 1.54) is 19.2 Å². The molecule has 0 saturated heterocycles. The molecule has 0 aromatic heterocycles. The smallest absolute Gasteiger partial charge is 0.329 e. The van der Waals surface area contributed by atoms with Gasteiger partial charge < -0.3 is 9.47 Å². The van der Waals surface area contributed by atoms with Crippen LogP contribution in [0.1, 0.15) is 19.4 Å². The molecule has 0 heterocycles. The van der Waals surface area contributed by atoms with Gasteiger partial charge in [-0.3, -0.25) is 15.4 Å². The number of rotatable bonds is 7. The maximum Gasteiger partial charge on any atom is 0.329 e. The Morgan fingerprint density at radius 2 is 2.14 bits per heavy atom. The monoisotopic (exact) mass is 296 g/mol. The lowest BCUT2D eigenvalue weighted by molar-refractivity contribution is -0.385. The molecule has 0 bridgehead atoms. The number of esters is 1. The number of likely N-dealkylation sites (N-methyl/N-ethyl adjacent to an activating group) is 1. The van der Waals surface area contributed by atoms with Crippen molar-refractivity contribution in [2.24, 2.45) is 0 Å². The van der Waals surface area contributed by atoms with Crippen molar-refractivity contribution in [1.29, 1.82) is 0 Å². The molecular weight excluding hydrogens is 276 g/mol. The molecule has 1 aromatic carbocycles. The Hall–Kier alpha value is -2.15. The summed E-state index contributed by atoms with van der Waals surface area (Å²) in [5.41, 5.74) is -0.316. The summed E-state index contributed by atoms with van der Waals surface area (Å²) >= 11 is 0. The number of carbonyl (C=O) groups is 1. The molecule has 7 nitrogen and oxygen atoms in total. The number of nitro benzene ring substituents is 1. The quantitative estimate of drug-likeness (QED) is 0.469. The molecule has 1 rings (SSSR count). The van der Waals surface area contributed by atoms with Crippen molar-refractivity contribution in [2.45, 2.75) is 26.3 Å². The van der Waals surface area contributed by atoms with E-state index in [2.05, 4.69) is 5.32 Å². The standard InChI is InChI=1S/C14H20N2O5/c1-5-15-14(3,13(17)20-4)9-21-12-8-11(16(18)19)7-6-10(12)2/h6-8,15H,5,9H2,1-4H3. The Morgan fingerprint density at radius 3 is 2.67 bits per heavy atom. The van der Waals surface area contributed by atoms with Gasteiger partial charge in [0.25, 0.3) is 5.69 Å². The normalized spacial score (nSPS) is 13.3. The Bertz CT molecular complexity index is 532. The summed E-state index contributed by atoms with van der Waals surface area (Å²) in [7, 11) is 1.30. The topological polar surface area (TPSA) is 90.7 Å². The van der Waals surface area contributed by atoms with Gasteiger partial charge in [0, 0.05) is 6.07 Å². The van der Waals surface area contributed by atoms with E-state index in [4.69, 9.17) is 9.47 Å². The number of carbonyl (C=O) groups excluding carboxylic acids is 1. The van der Waals surface area contributed by atoms with Gasteiger partial charge in [0.05, 0.1) is 18.1 Å². The second kappa shape index (κ2) is 7.03. The molecule has 0 radical (unpaired) electrons. The molecule has 0 amide bonds. The van der Waals surface area contributed by atoms with Crippen LogP contribution in [0.15, 0.2) is 18.2 Å². The van der Waals surface area contributed by atoms with Gasteiger partial charge in [0.15, 0.2) is 0 Å². The molecule has 116 valence electrons. The molecule has 0 aliphatic carbocycles. The van der Waals surface area contributed by atoms with Gasteiger partial charge in [-0.1, -0.05) is 6.92 Å². The number of nitrogens with one attached hydrogen (secondary N) is 1. The first kappa shape index (κ1) is 16.9. The molecule has 7 heteroatoms. The number of ether oxygens (including phenoxy) is 2. The highest BCUT2D eigenvalue weighted by atomic mass is 16.6. The average Bonchev–Trinajstić information content (AvgIpc) is 2.45. The molecule has 0 saturated carbocycles. The molecule has 0 fully saturated rings. The first-order valence-electron chi connectivity index (χ1n) is 6.55. The highest BCUT2D eigenvalue weighted by Crippen LogP contribution is 2.25. The van der Waals surface area contributed by atoms with Crippen LogP contribution in [0.5, 0.6) is 5.75 Å². The molecule has 21 heavy (non-hydrogen) atoms. The van der Waals surface area contributed by atoms with Crippen LogP contribution in [0.2, 0.25) is 0 Å². The number of nitrogens with zero attached hydrogens (tertiary/aromatic N) is 1. The zero-order valence-electron chi connectivity index (χ0n) is 12.6. The summed E-state index contributed by atoms with van der Waals surface area (Å²) in [4.78, 5) is 22.1. The maximum atomic E-state index is 11.8. The van der Waals surface area contributed by atoms with Crippen LogP contribution in [0.4, 0.5) is 5.69 Å². The van der Waals surface area contributed by atoms with Crippen molar-refractivity contribution in [3.05, 3.63) is 33.9 Å². The second-order valence-corrected chi connectivity index (χ2v) is 4.85. The SMILES string of the molecule is CCNC(C)(COc1cc([N+](=O)[O-])ccc1C)C(=O)OC. The minimum absolute atomic E-state index is 0.00945. The maximum absolute atomic E-state index is 11.8. The zero-order valence-corrected chi connectivity index (χ0v) is 12.6. The molecular formula is C14H20N2O5. The largest absolute Gasteiger partial charge is 0.491 e. The summed E-state index contributed by atoms with van der Waals surface area (Å²) < 4.78 is 10.4. The Morgan fingerprint density at radius 1 is 1.48 bits per heavy atom. The van der Waals surface area contributed by atoms with Gasteiger partial charge in [-0.15, -0.1) is 0 Å². The third-order valence-corrected chi connectivity index (χ3v) is 3.10. The number of methoxy groups -OCH3 is 1. The van der Waals surface area contributed by atoms with Crippen molar-refractivity contribution in [3.8, 4) is 5.75 Å². The third-order valence-electron chi connectivity index (χ3n) is 3.10. The van der Waals surface area contributed by atoms with Crippen molar-refractivity contribution >= 4 is 11.7 Å². The number of aryl methyl sites for hydroxylation is 1. The molecule has 0 aliphatic heterocycles. The second-order valence-electron chi connectivity index (χ2n) is 4.85. The fourth-order valence-electron chi connectivity index (χ4n) is 1.88. The molecule has 1 N–H and O–H groups in total. The molecule has 1 aromatic rings. The van der Waals surface area contributed by atoms with Crippen molar-refractivity contribution in [1.82, 2.24) is 5.32 Å². The van der Waals surface area contributed by atoms with Gasteiger partial charge in [-0.25, -0.2) is 4.79 Å². The van der Waals surface area contributed by atoms with Gasteiger partial charge in [0.2, 0.25) is 0 Å². The van der Waals surface area contributed by atoms with E-state index >= 15 is 0 Å². The molecule has 1 unspecified atom stereocenters. The highest BCUT2D eigenvalue weighted by molar-refractivity contribution is 5.80. The Labute approximate surface area is 123 Å². The van der Waals surface area contributed by atoms with Crippen molar-refractivity contribution < 1.29 is 19.2 Å². The van der Waals surface area contributed by atoms with Crippen LogP contribution >= 0.6 is 0 Å². The van der Waals surface area contributed by atoms with E-state index in [0.29, 0.717) is 12.3 Å². The van der Waals surface area contributed by atoms with E-state index in [-0.39, 0.29) is 12.3 Å². The fourth-order valence-corrected chi connectivity index (χ4v) is 1.88. The van der Waals surface area contributed by atoms with Crippen LogP contribution in [-0.2, 0) is 9.53 Å². The van der Waals surface area contributed by atoms with E-state index in [1.54, 1.807) is 19.9 Å². The lowest BCUT2D eigenvalue weighted by atomic mass is 10.0. The molecule has 0 aliphatic rings. The Balaban J connectivity index is 2.92.